The van der Waals surface area contributed by atoms with Crippen molar-refractivity contribution in [2.24, 2.45) is 5.92 Å². The summed E-state index contributed by atoms with van der Waals surface area (Å²) in [5, 5.41) is 0. The fourth-order valence-electron chi connectivity index (χ4n) is 4.44. The fraction of sp³-hybridized carbons (Fsp3) is 0.280. The number of benzene rings is 3. The highest BCUT2D eigenvalue weighted by Gasteiger charge is 2.54. The van der Waals surface area contributed by atoms with Gasteiger partial charge in [0.05, 0.1) is 16.5 Å². The molecule has 0 saturated carbocycles. The number of rotatable bonds is 4. The summed E-state index contributed by atoms with van der Waals surface area (Å²) < 4.78 is 29.8. The molecule has 0 fully saturated rings. The van der Waals surface area contributed by atoms with Gasteiger partial charge in [-0.05, 0) is 48.6 Å². The van der Waals surface area contributed by atoms with Crippen molar-refractivity contribution in [3.05, 3.63) is 101 Å². The van der Waals surface area contributed by atoms with E-state index in [-0.39, 0.29) is 12.0 Å². The van der Waals surface area contributed by atoms with Crippen LogP contribution in [0.1, 0.15) is 49.1 Å². The second kappa shape index (κ2) is 7.12. The molecule has 0 bridgehead atoms. The van der Waals surface area contributed by atoms with Gasteiger partial charge in [-0.15, -0.1) is 0 Å². The van der Waals surface area contributed by atoms with Crippen LogP contribution in [-0.4, -0.2) is 12.7 Å². The Balaban J connectivity index is 2.01. The summed E-state index contributed by atoms with van der Waals surface area (Å²) in [4.78, 5) is 0.337. The van der Waals surface area contributed by atoms with Gasteiger partial charge in [0, 0.05) is 0 Å². The van der Waals surface area contributed by atoms with E-state index in [0.29, 0.717) is 4.90 Å². The summed E-state index contributed by atoms with van der Waals surface area (Å²) in [5.41, 5.74) is 3.52. The van der Waals surface area contributed by atoms with Gasteiger partial charge in [-0.1, -0.05) is 86.1 Å². The quantitative estimate of drug-likeness (QED) is 0.562. The summed E-state index contributed by atoms with van der Waals surface area (Å²) in [6, 6.07) is 24.9. The molecule has 0 radical (unpaired) electrons. The summed E-state index contributed by atoms with van der Waals surface area (Å²) in [7, 11) is -3.74. The van der Waals surface area contributed by atoms with Gasteiger partial charge in [0.15, 0.2) is 0 Å². The lowest BCUT2D eigenvalue weighted by atomic mass is 9.82. The second-order valence-corrected chi connectivity index (χ2v) is 10.1. The maximum Gasteiger partial charge on any atom is 0.244 e. The lowest BCUT2D eigenvalue weighted by Crippen LogP contribution is -2.47. The maximum absolute atomic E-state index is 14.0. The topological polar surface area (TPSA) is 37.4 Å². The molecular weight excluding hydrogens is 378 g/mol. The third-order valence-corrected chi connectivity index (χ3v) is 8.29. The average Bonchev–Trinajstić information content (AvgIpc) is 3.00. The number of hydrogen-bond donors (Lipinski definition) is 0. The van der Waals surface area contributed by atoms with Crippen LogP contribution < -0.4 is 0 Å². The van der Waals surface area contributed by atoms with Crippen molar-refractivity contribution in [2.75, 3.05) is 0 Å². The van der Waals surface area contributed by atoms with Gasteiger partial charge in [0.2, 0.25) is 10.0 Å². The van der Waals surface area contributed by atoms with E-state index in [0.717, 1.165) is 22.3 Å². The molecule has 2 atom stereocenters. The van der Waals surface area contributed by atoms with Gasteiger partial charge in [0.1, 0.15) is 0 Å². The third-order valence-electron chi connectivity index (χ3n) is 6.31. The van der Waals surface area contributed by atoms with Crippen LogP contribution in [0.5, 0.6) is 0 Å². The van der Waals surface area contributed by atoms with E-state index in [1.54, 1.807) is 16.4 Å². The van der Waals surface area contributed by atoms with Crippen LogP contribution in [0, 0.1) is 12.8 Å². The van der Waals surface area contributed by atoms with Crippen LogP contribution in [0.2, 0.25) is 0 Å². The zero-order chi connectivity index (χ0) is 20.8. The second-order valence-electron chi connectivity index (χ2n) is 8.32. The fourth-order valence-corrected chi connectivity index (χ4v) is 6.47. The third kappa shape index (κ3) is 3.02. The molecule has 0 spiro atoms. The average molecular weight is 406 g/mol. The standard InChI is InChI=1S/C25H27NO2S/c1-18(2)25(4)23-13-9-8-12-22(23)24(20-10-6-5-7-11-20)26(25)29(27,28)21-16-14-19(3)15-17-21/h5-18,24H,1-4H3/t24-,25+/m1/s1. The number of nitrogens with zero attached hydrogens (tertiary/aromatic N) is 1. The molecule has 1 aliphatic rings. The maximum atomic E-state index is 14.0. The van der Waals surface area contributed by atoms with Crippen LogP contribution in [0.15, 0.2) is 83.8 Å². The Labute approximate surface area is 174 Å². The molecule has 0 saturated heterocycles. The van der Waals surface area contributed by atoms with Crippen LogP contribution in [-0.2, 0) is 15.6 Å². The van der Waals surface area contributed by atoms with E-state index in [2.05, 4.69) is 32.9 Å². The van der Waals surface area contributed by atoms with E-state index in [1.165, 1.54) is 0 Å². The van der Waals surface area contributed by atoms with E-state index >= 15 is 0 Å². The lowest BCUT2D eigenvalue weighted by molar-refractivity contribution is 0.146. The van der Waals surface area contributed by atoms with Crippen LogP contribution in [0.25, 0.3) is 0 Å². The van der Waals surface area contributed by atoms with Gasteiger partial charge < -0.3 is 0 Å². The summed E-state index contributed by atoms with van der Waals surface area (Å²) in [6.45, 7) is 8.22. The highest BCUT2D eigenvalue weighted by molar-refractivity contribution is 7.89. The number of hydrogen-bond acceptors (Lipinski definition) is 2. The molecule has 3 aromatic carbocycles. The first-order chi connectivity index (χ1) is 13.8. The van der Waals surface area contributed by atoms with E-state index in [9.17, 15) is 8.42 Å². The Bertz CT molecular complexity index is 1120. The minimum absolute atomic E-state index is 0.0950. The molecule has 3 nitrogen and oxygen atoms in total. The van der Waals surface area contributed by atoms with Gasteiger partial charge in [-0.2, -0.15) is 4.31 Å². The highest BCUT2D eigenvalue weighted by atomic mass is 32.2. The largest absolute Gasteiger partial charge is 0.244 e. The minimum atomic E-state index is -3.74. The van der Waals surface area contributed by atoms with E-state index < -0.39 is 15.6 Å². The Morgan fingerprint density at radius 2 is 1.45 bits per heavy atom. The smallest absolute Gasteiger partial charge is 0.207 e. The Morgan fingerprint density at radius 3 is 2.07 bits per heavy atom. The Kier molecular flexibility index (Phi) is 4.88. The molecule has 1 aliphatic heterocycles. The molecule has 1 heterocycles. The molecule has 0 aromatic heterocycles. The van der Waals surface area contributed by atoms with Crippen molar-refractivity contribution in [1.82, 2.24) is 4.31 Å². The summed E-state index contributed by atoms with van der Waals surface area (Å²) in [6.07, 6.45) is 0. The summed E-state index contributed by atoms with van der Waals surface area (Å²) in [5.74, 6) is 0.0950. The first-order valence-corrected chi connectivity index (χ1v) is 11.5. The van der Waals surface area contributed by atoms with Crippen molar-refractivity contribution in [2.45, 2.75) is 44.2 Å². The molecule has 0 aliphatic carbocycles. The molecule has 4 rings (SSSR count). The molecule has 3 aromatic rings. The highest BCUT2D eigenvalue weighted by Crippen LogP contribution is 2.54. The number of fused-ring (bicyclic) bond motifs is 1. The minimum Gasteiger partial charge on any atom is -0.207 e. The normalized spacial score (nSPS) is 22.0. The molecule has 0 amide bonds. The molecular formula is C25H27NO2S. The summed E-state index contributed by atoms with van der Waals surface area (Å²) >= 11 is 0. The molecule has 150 valence electrons. The zero-order valence-electron chi connectivity index (χ0n) is 17.3. The first-order valence-electron chi connectivity index (χ1n) is 10.0. The van der Waals surface area contributed by atoms with Gasteiger partial charge in [0.25, 0.3) is 0 Å². The Hall–Kier alpha value is -2.43. The Morgan fingerprint density at radius 1 is 0.862 bits per heavy atom. The van der Waals surface area contributed by atoms with Crippen molar-refractivity contribution in [3.63, 3.8) is 0 Å². The van der Waals surface area contributed by atoms with Gasteiger partial charge in [-0.25, -0.2) is 8.42 Å². The van der Waals surface area contributed by atoms with Gasteiger partial charge in [-0.3, -0.25) is 0 Å². The number of aryl methyl sites for hydroxylation is 1. The van der Waals surface area contributed by atoms with Crippen LogP contribution >= 0.6 is 0 Å². The molecule has 4 heteroatoms. The van der Waals surface area contributed by atoms with Crippen molar-refractivity contribution in [1.29, 1.82) is 0 Å². The van der Waals surface area contributed by atoms with Crippen molar-refractivity contribution < 1.29 is 8.42 Å². The predicted molar refractivity (Wildman–Crippen MR) is 117 cm³/mol. The number of sulfonamides is 1. The SMILES string of the molecule is Cc1ccc(S(=O)(=O)N2[C@H](c3ccccc3)c3ccccc3[C@]2(C)C(C)C)cc1. The van der Waals surface area contributed by atoms with E-state index in [1.807, 2.05) is 61.5 Å². The molecule has 29 heavy (non-hydrogen) atoms. The molecule has 0 N–H and O–H groups in total. The van der Waals surface area contributed by atoms with Crippen molar-refractivity contribution >= 4 is 10.0 Å². The lowest BCUT2D eigenvalue weighted by Gasteiger charge is -2.41. The zero-order valence-corrected chi connectivity index (χ0v) is 18.1. The van der Waals surface area contributed by atoms with Crippen LogP contribution in [0.4, 0.5) is 0 Å². The van der Waals surface area contributed by atoms with Crippen molar-refractivity contribution in [3.8, 4) is 0 Å². The molecule has 0 unspecified atom stereocenters. The van der Waals surface area contributed by atoms with Gasteiger partial charge >= 0.3 is 0 Å². The first kappa shape index (κ1) is 19.9. The van der Waals surface area contributed by atoms with Crippen LogP contribution in [0.3, 0.4) is 0 Å². The van der Waals surface area contributed by atoms with E-state index in [4.69, 9.17) is 0 Å². The predicted octanol–water partition coefficient (Wildman–Crippen LogP) is 5.66. The monoisotopic (exact) mass is 405 g/mol.